The molecule has 0 saturated heterocycles. The molecule has 0 spiro atoms. The van der Waals surface area contributed by atoms with E-state index in [2.05, 4.69) is 15.4 Å². The average molecular weight is 301 g/mol. The van der Waals surface area contributed by atoms with Gasteiger partial charge in [0.15, 0.2) is 5.82 Å². The Hall–Kier alpha value is -2.21. The molecule has 0 aromatic carbocycles. The summed E-state index contributed by atoms with van der Waals surface area (Å²) in [6, 6.07) is 5.34. The van der Waals surface area contributed by atoms with Gasteiger partial charge in [0.25, 0.3) is 0 Å². The molecule has 0 aliphatic carbocycles. The fourth-order valence-corrected chi connectivity index (χ4v) is 2.12. The first kappa shape index (κ1) is 16.2. The fraction of sp³-hybridized carbons (Fsp3) is 0.438. The van der Waals surface area contributed by atoms with Crippen LogP contribution in [0.15, 0.2) is 24.4 Å². The standard InChI is InChI=1S/C16H23N5O/c1-10(2)15(17)16(22)19-9-13-5-6-14(18-8-13)21-12(4)7-11(3)20-21/h5-8,10,15H,9,17H2,1-4H3,(H,19,22)/t15-/m0/s1. The number of carbonyl (C=O) groups excluding carboxylic acids is 1. The van der Waals surface area contributed by atoms with Gasteiger partial charge in [-0.15, -0.1) is 0 Å². The molecule has 0 aliphatic heterocycles. The molecule has 0 aliphatic rings. The molecule has 3 N–H and O–H groups in total. The maximum Gasteiger partial charge on any atom is 0.237 e. The number of aromatic nitrogens is 3. The van der Waals surface area contributed by atoms with Crippen LogP contribution in [-0.2, 0) is 11.3 Å². The Kier molecular flexibility index (Phi) is 4.92. The van der Waals surface area contributed by atoms with Gasteiger partial charge in [0.05, 0.1) is 11.7 Å². The van der Waals surface area contributed by atoms with E-state index in [-0.39, 0.29) is 11.8 Å². The van der Waals surface area contributed by atoms with Gasteiger partial charge in [-0.25, -0.2) is 9.67 Å². The van der Waals surface area contributed by atoms with Crippen LogP contribution in [0.4, 0.5) is 0 Å². The van der Waals surface area contributed by atoms with E-state index in [1.165, 1.54) is 0 Å². The Morgan fingerprint density at radius 1 is 1.36 bits per heavy atom. The molecule has 0 unspecified atom stereocenters. The monoisotopic (exact) mass is 301 g/mol. The predicted molar refractivity (Wildman–Crippen MR) is 85.5 cm³/mol. The summed E-state index contributed by atoms with van der Waals surface area (Å²) in [6.07, 6.45) is 1.74. The summed E-state index contributed by atoms with van der Waals surface area (Å²) in [5.74, 6) is 0.740. The molecule has 2 rings (SSSR count). The van der Waals surface area contributed by atoms with Crippen LogP contribution in [0.2, 0.25) is 0 Å². The van der Waals surface area contributed by atoms with Crippen LogP contribution >= 0.6 is 0 Å². The number of pyridine rings is 1. The Labute approximate surface area is 130 Å². The van der Waals surface area contributed by atoms with Gasteiger partial charge in [0.2, 0.25) is 5.91 Å². The minimum absolute atomic E-state index is 0.117. The fourth-order valence-electron chi connectivity index (χ4n) is 2.12. The number of hydrogen-bond donors (Lipinski definition) is 2. The van der Waals surface area contributed by atoms with Crippen molar-refractivity contribution in [2.24, 2.45) is 11.7 Å². The van der Waals surface area contributed by atoms with Crippen molar-refractivity contribution in [3.63, 3.8) is 0 Å². The van der Waals surface area contributed by atoms with Gasteiger partial charge in [-0.1, -0.05) is 19.9 Å². The number of aryl methyl sites for hydroxylation is 2. The Balaban J connectivity index is 2.01. The lowest BCUT2D eigenvalue weighted by atomic mass is 10.1. The Morgan fingerprint density at radius 2 is 2.09 bits per heavy atom. The van der Waals surface area contributed by atoms with Gasteiger partial charge in [-0.2, -0.15) is 5.10 Å². The van der Waals surface area contributed by atoms with E-state index < -0.39 is 6.04 Å². The van der Waals surface area contributed by atoms with Gasteiger partial charge in [0, 0.05) is 18.4 Å². The Bertz CT molecular complexity index is 645. The highest BCUT2D eigenvalue weighted by molar-refractivity contribution is 5.81. The predicted octanol–water partition coefficient (Wildman–Crippen LogP) is 1.48. The minimum Gasteiger partial charge on any atom is -0.351 e. The highest BCUT2D eigenvalue weighted by Crippen LogP contribution is 2.10. The third-order valence-corrected chi connectivity index (χ3v) is 3.52. The molecule has 0 fully saturated rings. The first-order valence-corrected chi connectivity index (χ1v) is 7.40. The lowest BCUT2D eigenvalue weighted by Gasteiger charge is -2.15. The van der Waals surface area contributed by atoms with Crippen molar-refractivity contribution in [2.75, 3.05) is 0 Å². The molecule has 6 nitrogen and oxygen atoms in total. The van der Waals surface area contributed by atoms with Crippen LogP contribution in [0.3, 0.4) is 0 Å². The Morgan fingerprint density at radius 3 is 2.59 bits per heavy atom. The van der Waals surface area contributed by atoms with E-state index in [4.69, 9.17) is 5.73 Å². The first-order chi connectivity index (χ1) is 10.4. The lowest BCUT2D eigenvalue weighted by molar-refractivity contribution is -0.123. The maximum atomic E-state index is 11.8. The van der Waals surface area contributed by atoms with Crippen molar-refractivity contribution in [3.8, 4) is 5.82 Å². The maximum absolute atomic E-state index is 11.8. The number of amides is 1. The van der Waals surface area contributed by atoms with Gasteiger partial charge < -0.3 is 11.1 Å². The zero-order valence-electron chi connectivity index (χ0n) is 13.5. The second kappa shape index (κ2) is 6.70. The summed E-state index contributed by atoms with van der Waals surface area (Å²) >= 11 is 0. The van der Waals surface area contributed by atoms with E-state index >= 15 is 0 Å². The van der Waals surface area contributed by atoms with Crippen molar-refractivity contribution in [1.29, 1.82) is 0 Å². The molecule has 0 bridgehead atoms. The van der Waals surface area contributed by atoms with Gasteiger partial charge in [-0.05, 0) is 37.5 Å². The zero-order chi connectivity index (χ0) is 16.3. The van der Waals surface area contributed by atoms with Crippen molar-refractivity contribution in [2.45, 2.75) is 40.3 Å². The molecule has 0 saturated carbocycles. The van der Waals surface area contributed by atoms with Crippen LogP contribution in [0.25, 0.3) is 5.82 Å². The smallest absolute Gasteiger partial charge is 0.237 e. The highest BCUT2D eigenvalue weighted by atomic mass is 16.2. The molecule has 22 heavy (non-hydrogen) atoms. The molecule has 1 atom stereocenters. The van der Waals surface area contributed by atoms with Gasteiger partial charge in [0.1, 0.15) is 0 Å². The number of carbonyl (C=O) groups is 1. The van der Waals surface area contributed by atoms with Crippen LogP contribution in [0.1, 0.15) is 30.8 Å². The van der Waals surface area contributed by atoms with E-state index in [9.17, 15) is 4.79 Å². The van der Waals surface area contributed by atoms with E-state index in [1.807, 2.05) is 45.9 Å². The number of nitrogens with one attached hydrogen (secondary N) is 1. The third-order valence-electron chi connectivity index (χ3n) is 3.52. The van der Waals surface area contributed by atoms with E-state index in [0.717, 1.165) is 22.8 Å². The SMILES string of the molecule is Cc1cc(C)n(-c2ccc(CNC(=O)[C@@H](N)C(C)C)cn2)n1. The summed E-state index contributed by atoms with van der Waals surface area (Å²) in [4.78, 5) is 16.2. The quantitative estimate of drug-likeness (QED) is 0.876. The van der Waals surface area contributed by atoms with Gasteiger partial charge >= 0.3 is 0 Å². The average Bonchev–Trinajstić information content (AvgIpc) is 2.83. The molecule has 1 amide bonds. The highest BCUT2D eigenvalue weighted by Gasteiger charge is 2.16. The summed E-state index contributed by atoms with van der Waals surface area (Å²) in [5, 5.41) is 7.22. The second-order valence-electron chi connectivity index (χ2n) is 5.85. The molecular formula is C16H23N5O. The van der Waals surface area contributed by atoms with Crippen LogP contribution < -0.4 is 11.1 Å². The van der Waals surface area contributed by atoms with E-state index in [0.29, 0.717) is 6.54 Å². The molecular weight excluding hydrogens is 278 g/mol. The van der Waals surface area contributed by atoms with Crippen molar-refractivity contribution < 1.29 is 4.79 Å². The molecule has 2 heterocycles. The molecule has 2 aromatic rings. The lowest BCUT2D eigenvalue weighted by Crippen LogP contribution is -2.43. The van der Waals surface area contributed by atoms with Crippen LogP contribution in [0.5, 0.6) is 0 Å². The topological polar surface area (TPSA) is 85.8 Å². The molecule has 2 aromatic heterocycles. The summed E-state index contributed by atoms with van der Waals surface area (Å²) in [6.45, 7) is 8.21. The van der Waals surface area contributed by atoms with Crippen molar-refractivity contribution in [1.82, 2.24) is 20.1 Å². The number of rotatable bonds is 5. The third kappa shape index (κ3) is 3.71. The summed E-state index contributed by atoms with van der Waals surface area (Å²) in [5.41, 5.74) is 8.72. The minimum atomic E-state index is -0.484. The molecule has 0 radical (unpaired) electrons. The summed E-state index contributed by atoms with van der Waals surface area (Å²) < 4.78 is 1.80. The number of hydrogen-bond acceptors (Lipinski definition) is 4. The summed E-state index contributed by atoms with van der Waals surface area (Å²) in [7, 11) is 0. The number of nitrogens with zero attached hydrogens (tertiary/aromatic N) is 3. The van der Waals surface area contributed by atoms with Crippen LogP contribution in [-0.4, -0.2) is 26.7 Å². The largest absolute Gasteiger partial charge is 0.351 e. The van der Waals surface area contributed by atoms with Crippen LogP contribution in [0, 0.1) is 19.8 Å². The van der Waals surface area contributed by atoms with E-state index in [1.54, 1.807) is 10.9 Å². The zero-order valence-corrected chi connectivity index (χ0v) is 13.5. The van der Waals surface area contributed by atoms with Crippen molar-refractivity contribution >= 4 is 5.91 Å². The van der Waals surface area contributed by atoms with Crippen molar-refractivity contribution in [3.05, 3.63) is 41.3 Å². The second-order valence-corrected chi connectivity index (χ2v) is 5.85. The molecule has 118 valence electrons. The molecule has 6 heteroatoms. The number of nitrogens with two attached hydrogens (primary N) is 1. The van der Waals surface area contributed by atoms with Gasteiger partial charge in [-0.3, -0.25) is 4.79 Å². The normalized spacial score (nSPS) is 12.5. The first-order valence-electron chi connectivity index (χ1n) is 7.40.